The molecule has 0 saturated heterocycles. The van der Waals surface area contributed by atoms with E-state index < -0.39 is 0 Å². The minimum Gasteiger partial charge on any atom is -0.396 e. The van der Waals surface area contributed by atoms with Crippen molar-refractivity contribution in [1.82, 2.24) is 15.1 Å². The molecule has 1 unspecified atom stereocenters. The van der Waals surface area contributed by atoms with Crippen molar-refractivity contribution in [3.63, 3.8) is 0 Å². The number of amides is 1. The number of hydrogen-bond acceptors (Lipinski definition) is 3. The van der Waals surface area contributed by atoms with Gasteiger partial charge in [-0.3, -0.25) is 9.48 Å². The molecule has 0 aliphatic rings. The number of aliphatic hydroxyl groups excluding tert-OH is 1. The minimum absolute atomic E-state index is 0.0630. The van der Waals surface area contributed by atoms with Crippen LogP contribution < -0.4 is 5.32 Å². The molecular formula is C15H27N3O2. The van der Waals surface area contributed by atoms with Gasteiger partial charge in [0.2, 0.25) is 0 Å². The van der Waals surface area contributed by atoms with E-state index in [2.05, 4.69) is 24.3 Å². The standard InChI is InChI=1S/C15H27N3O2/c1-11(2)7-8-18-13(4)14(10-16-18)15(20)17-12(3)6-5-9-19/h10-12,19H,5-9H2,1-4H3,(H,17,20). The van der Waals surface area contributed by atoms with Crippen molar-refractivity contribution in [2.75, 3.05) is 6.61 Å². The van der Waals surface area contributed by atoms with Gasteiger partial charge in [-0.25, -0.2) is 0 Å². The van der Waals surface area contributed by atoms with E-state index in [0.717, 1.165) is 25.1 Å². The molecule has 0 saturated carbocycles. The third-order valence-electron chi connectivity index (χ3n) is 3.44. The van der Waals surface area contributed by atoms with Gasteiger partial charge >= 0.3 is 0 Å². The molecule has 1 rings (SSSR count). The monoisotopic (exact) mass is 281 g/mol. The Morgan fingerprint density at radius 3 is 2.70 bits per heavy atom. The van der Waals surface area contributed by atoms with Crippen LogP contribution in [0.1, 0.15) is 56.1 Å². The topological polar surface area (TPSA) is 67.2 Å². The zero-order valence-electron chi connectivity index (χ0n) is 13.0. The normalized spacial score (nSPS) is 12.7. The molecule has 0 spiro atoms. The smallest absolute Gasteiger partial charge is 0.254 e. The molecule has 1 heterocycles. The van der Waals surface area contributed by atoms with Gasteiger partial charge in [-0.2, -0.15) is 5.10 Å². The van der Waals surface area contributed by atoms with Crippen molar-refractivity contribution in [2.45, 2.75) is 59.5 Å². The lowest BCUT2D eigenvalue weighted by Crippen LogP contribution is -2.33. The fourth-order valence-electron chi connectivity index (χ4n) is 2.05. The largest absolute Gasteiger partial charge is 0.396 e. The van der Waals surface area contributed by atoms with Crippen molar-refractivity contribution in [3.8, 4) is 0 Å². The summed E-state index contributed by atoms with van der Waals surface area (Å²) in [6, 6.07) is 0.0630. The van der Waals surface area contributed by atoms with Gasteiger partial charge in [0, 0.05) is 24.9 Å². The van der Waals surface area contributed by atoms with Gasteiger partial charge in [0.05, 0.1) is 11.8 Å². The van der Waals surface area contributed by atoms with Crippen LogP contribution >= 0.6 is 0 Å². The second kappa shape index (κ2) is 8.04. The van der Waals surface area contributed by atoms with E-state index in [9.17, 15) is 4.79 Å². The quantitative estimate of drug-likeness (QED) is 0.767. The molecule has 0 bridgehead atoms. The highest BCUT2D eigenvalue weighted by Gasteiger charge is 2.16. The van der Waals surface area contributed by atoms with Crippen molar-refractivity contribution in [2.24, 2.45) is 5.92 Å². The number of carbonyl (C=O) groups is 1. The zero-order valence-corrected chi connectivity index (χ0v) is 13.0. The highest BCUT2D eigenvalue weighted by atomic mass is 16.3. The number of aryl methyl sites for hydroxylation is 1. The number of rotatable bonds is 8. The summed E-state index contributed by atoms with van der Waals surface area (Å²) in [5.74, 6) is 0.540. The van der Waals surface area contributed by atoms with Crippen molar-refractivity contribution < 1.29 is 9.90 Å². The summed E-state index contributed by atoms with van der Waals surface area (Å²) in [5, 5.41) is 16.0. The molecule has 20 heavy (non-hydrogen) atoms. The zero-order chi connectivity index (χ0) is 15.1. The molecular weight excluding hydrogens is 254 g/mol. The summed E-state index contributed by atoms with van der Waals surface area (Å²) in [7, 11) is 0. The van der Waals surface area contributed by atoms with Gasteiger partial charge in [0.25, 0.3) is 5.91 Å². The first-order valence-electron chi connectivity index (χ1n) is 7.39. The number of hydrogen-bond donors (Lipinski definition) is 2. The van der Waals surface area contributed by atoms with Crippen molar-refractivity contribution in [1.29, 1.82) is 0 Å². The second-order valence-electron chi connectivity index (χ2n) is 5.79. The molecule has 1 aromatic rings. The Morgan fingerprint density at radius 1 is 1.40 bits per heavy atom. The summed E-state index contributed by atoms with van der Waals surface area (Å²) in [6.45, 7) is 9.24. The summed E-state index contributed by atoms with van der Waals surface area (Å²) in [5.41, 5.74) is 1.56. The van der Waals surface area contributed by atoms with E-state index in [1.165, 1.54) is 0 Å². The third-order valence-corrected chi connectivity index (χ3v) is 3.44. The van der Waals surface area contributed by atoms with Gasteiger partial charge in [-0.1, -0.05) is 13.8 Å². The molecule has 5 heteroatoms. The Kier molecular flexibility index (Phi) is 6.71. The van der Waals surface area contributed by atoms with Crippen LogP contribution in [0.2, 0.25) is 0 Å². The highest BCUT2D eigenvalue weighted by molar-refractivity contribution is 5.95. The molecule has 114 valence electrons. The van der Waals surface area contributed by atoms with Crippen molar-refractivity contribution in [3.05, 3.63) is 17.5 Å². The predicted molar refractivity (Wildman–Crippen MR) is 79.7 cm³/mol. The molecule has 0 fully saturated rings. The van der Waals surface area contributed by atoms with E-state index in [4.69, 9.17) is 5.11 Å². The lowest BCUT2D eigenvalue weighted by molar-refractivity contribution is 0.0935. The summed E-state index contributed by atoms with van der Waals surface area (Å²) >= 11 is 0. The number of aromatic nitrogens is 2. The summed E-state index contributed by atoms with van der Waals surface area (Å²) in [6.07, 6.45) is 4.18. The molecule has 0 radical (unpaired) electrons. The maximum atomic E-state index is 12.2. The highest BCUT2D eigenvalue weighted by Crippen LogP contribution is 2.10. The lowest BCUT2D eigenvalue weighted by atomic mass is 10.1. The molecule has 2 N–H and O–H groups in total. The number of aliphatic hydroxyl groups is 1. The van der Waals surface area contributed by atoms with Crippen molar-refractivity contribution >= 4 is 5.91 Å². The maximum Gasteiger partial charge on any atom is 0.254 e. The molecule has 1 amide bonds. The van der Waals surface area contributed by atoms with E-state index in [1.807, 2.05) is 18.5 Å². The first kappa shape index (κ1) is 16.7. The average Bonchev–Trinajstić information content (AvgIpc) is 2.75. The molecule has 1 aromatic heterocycles. The number of nitrogens with zero attached hydrogens (tertiary/aromatic N) is 2. The number of nitrogens with one attached hydrogen (secondary N) is 1. The minimum atomic E-state index is -0.0799. The van der Waals surface area contributed by atoms with E-state index in [1.54, 1.807) is 6.20 Å². The Balaban J connectivity index is 2.60. The Morgan fingerprint density at radius 2 is 2.10 bits per heavy atom. The van der Waals surface area contributed by atoms with Gasteiger partial charge < -0.3 is 10.4 Å². The van der Waals surface area contributed by atoms with E-state index in [-0.39, 0.29) is 18.6 Å². The van der Waals surface area contributed by atoms with E-state index in [0.29, 0.717) is 17.9 Å². The van der Waals surface area contributed by atoms with Crippen LogP contribution in [0, 0.1) is 12.8 Å². The first-order valence-corrected chi connectivity index (χ1v) is 7.39. The fraction of sp³-hybridized carbons (Fsp3) is 0.733. The van der Waals surface area contributed by atoms with Crippen LogP contribution in [-0.2, 0) is 6.54 Å². The Hall–Kier alpha value is -1.36. The fourth-order valence-corrected chi connectivity index (χ4v) is 2.05. The SMILES string of the molecule is Cc1c(C(=O)NC(C)CCCO)cnn1CCC(C)C. The van der Waals surface area contributed by atoms with Crippen LogP contribution in [0.4, 0.5) is 0 Å². The van der Waals surface area contributed by atoms with Crippen LogP contribution in [-0.4, -0.2) is 33.4 Å². The molecule has 0 aliphatic heterocycles. The van der Waals surface area contributed by atoms with Gasteiger partial charge in [-0.05, 0) is 39.0 Å². The van der Waals surface area contributed by atoms with E-state index >= 15 is 0 Å². The van der Waals surface area contributed by atoms with Crippen LogP contribution in [0.3, 0.4) is 0 Å². The predicted octanol–water partition coefficient (Wildman–Crippen LogP) is 2.13. The average molecular weight is 281 g/mol. The van der Waals surface area contributed by atoms with Crippen LogP contribution in [0.15, 0.2) is 6.20 Å². The maximum absolute atomic E-state index is 12.2. The molecule has 0 aliphatic carbocycles. The Bertz CT molecular complexity index is 427. The summed E-state index contributed by atoms with van der Waals surface area (Å²) in [4.78, 5) is 12.2. The van der Waals surface area contributed by atoms with Crippen LogP contribution in [0.5, 0.6) is 0 Å². The van der Waals surface area contributed by atoms with Crippen LogP contribution in [0.25, 0.3) is 0 Å². The number of carbonyl (C=O) groups excluding carboxylic acids is 1. The lowest BCUT2D eigenvalue weighted by Gasteiger charge is -2.13. The molecule has 0 aromatic carbocycles. The summed E-state index contributed by atoms with van der Waals surface area (Å²) < 4.78 is 1.90. The molecule has 1 atom stereocenters. The third kappa shape index (κ3) is 4.96. The first-order chi connectivity index (χ1) is 9.45. The Labute approximate surface area is 121 Å². The van der Waals surface area contributed by atoms with Gasteiger partial charge in [0.1, 0.15) is 0 Å². The van der Waals surface area contributed by atoms with Gasteiger partial charge in [-0.15, -0.1) is 0 Å². The second-order valence-corrected chi connectivity index (χ2v) is 5.79. The molecule has 5 nitrogen and oxygen atoms in total. The van der Waals surface area contributed by atoms with Gasteiger partial charge in [0.15, 0.2) is 0 Å².